The van der Waals surface area contributed by atoms with E-state index >= 15 is 0 Å². The first-order valence-corrected chi connectivity index (χ1v) is 7.40. The lowest BCUT2D eigenvalue weighted by Gasteiger charge is -2.06. The Kier molecular flexibility index (Phi) is 5.05. The van der Waals surface area contributed by atoms with Crippen LogP contribution in [0.4, 0.5) is 5.69 Å². The Bertz CT molecular complexity index is 637. The summed E-state index contributed by atoms with van der Waals surface area (Å²) in [6.07, 6.45) is 0.905. The summed E-state index contributed by atoms with van der Waals surface area (Å²) < 4.78 is 5.43. The number of Topliss-reactive ketones (excluding diaryl/α,β-unsaturated/α-hetero) is 1. The highest BCUT2D eigenvalue weighted by molar-refractivity contribution is 7.12. The van der Waals surface area contributed by atoms with Crippen LogP contribution in [-0.4, -0.2) is 17.3 Å². The minimum absolute atomic E-state index is 0.0421. The molecule has 0 unspecified atom stereocenters. The van der Waals surface area contributed by atoms with Crippen molar-refractivity contribution in [3.63, 3.8) is 0 Å². The third kappa shape index (κ3) is 4.13. The summed E-state index contributed by atoms with van der Waals surface area (Å²) in [4.78, 5) is 23.0. The molecule has 110 valence electrons. The van der Waals surface area contributed by atoms with Crippen LogP contribution >= 0.6 is 11.3 Å². The number of rotatable bonds is 7. The molecule has 5 nitrogen and oxygen atoms in total. The van der Waals surface area contributed by atoms with E-state index in [2.05, 4.69) is 0 Å². The summed E-state index contributed by atoms with van der Waals surface area (Å²) >= 11 is 1.41. The van der Waals surface area contributed by atoms with Gasteiger partial charge in [-0.1, -0.05) is 12.1 Å². The fourth-order valence-corrected chi connectivity index (χ4v) is 2.56. The van der Waals surface area contributed by atoms with Gasteiger partial charge in [-0.25, -0.2) is 0 Å². The van der Waals surface area contributed by atoms with E-state index < -0.39 is 4.92 Å². The van der Waals surface area contributed by atoms with E-state index in [1.807, 2.05) is 11.4 Å². The lowest BCUT2D eigenvalue weighted by molar-refractivity contribution is -0.385. The Morgan fingerprint density at radius 2 is 2.19 bits per heavy atom. The second kappa shape index (κ2) is 6.99. The van der Waals surface area contributed by atoms with Gasteiger partial charge in [0.15, 0.2) is 11.5 Å². The van der Waals surface area contributed by atoms with Gasteiger partial charge in [0, 0.05) is 12.5 Å². The van der Waals surface area contributed by atoms with Crippen LogP contribution in [0.1, 0.15) is 28.1 Å². The topological polar surface area (TPSA) is 69.4 Å². The highest BCUT2D eigenvalue weighted by atomic mass is 32.1. The zero-order chi connectivity index (χ0) is 15.2. The number of ketones is 1. The maximum Gasteiger partial charge on any atom is 0.311 e. The van der Waals surface area contributed by atoms with Crippen molar-refractivity contribution < 1.29 is 14.5 Å². The summed E-state index contributed by atoms with van der Waals surface area (Å²) in [5.41, 5.74) is 0.765. The largest absolute Gasteiger partial charge is 0.487 e. The van der Waals surface area contributed by atoms with Gasteiger partial charge in [0.25, 0.3) is 0 Å². The van der Waals surface area contributed by atoms with Crippen LogP contribution in [0.3, 0.4) is 0 Å². The molecule has 0 bridgehead atoms. The van der Waals surface area contributed by atoms with E-state index in [1.54, 1.807) is 25.1 Å². The maximum atomic E-state index is 11.8. The molecule has 21 heavy (non-hydrogen) atoms. The van der Waals surface area contributed by atoms with Gasteiger partial charge in [0.05, 0.1) is 16.4 Å². The van der Waals surface area contributed by atoms with E-state index in [1.165, 1.54) is 17.4 Å². The number of ether oxygens (including phenoxy) is 1. The molecular weight excluding hydrogens is 290 g/mol. The molecule has 0 aliphatic rings. The van der Waals surface area contributed by atoms with Crippen molar-refractivity contribution >= 4 is 22.8 Å². The maximum absolute atomic E-state index is 11.8. The van der Waals surface area contributed by atoms with Gasteiger partial charge in [0.1, 0.15) is 0 Å². The molecule has 0 fully saturated rings. The van der Waals surface area contributed by atoms with E-state index in [9.17, 15) is 14.9 Å². The van der Waals surface area contributed by atoms with Crippen LogP contribution in [0.2, 0.25) is 0 Å². The van der Waals surface area contributed by atoms with E-state index in [-0.39, 0.29) is 23.8 Å². The van der Waals surface area contributed by atoms with E-state index in [4.69, 9.17) is 4.74 Å². The van der Waals surface area contributed by atoms with Crippen molar-refractivity contribution in [2.24, 2.45) is 0 Å². The number of nitro groups is 1. The number of hydrogen-bond donors (Lipinski definition) is 0. The zero-order valence-electron chi connectivity index (χ0n) is 11.6. The lowest BCUT2D eigenvalue weighted by Crippen LogP contribution is -2.04. The smallest absolute Gasteiger partial charge is 0.311 e. The first-order valence-electron chi connectivity index (χ1n) is 6.52. The molecular formula is C15H15NO4S. The second-order valence-corrected chi connectivity index (χ2v) is 5.53. The van der Waals surface area contributed by atoms with Crippen molar-refractivity contribution in [2.75, 3.05) is 6.61 Å². The van der Waals surface area contributed by atoms with Gasteiger partial charge in [-0.05, 0) is 36.4 Å². The summed E-state index contributed by atoms with van der Waals surface area (Å²) in [5, 5.41) is 12.8. The first kappa shape index (κ1) is 15.2. The van der Waals surface area contributed by atoms with Crippen LogP contribution in [-0.2, 0) is 0 Å². The molecule has 0 aliphatic carbocycles. The number of benzene rings is 1. The predicted molar refractivity (Wildman–Crippen MR) is 81.2 cm³/mol. The average Bonchev–Trinajstić information content (AvgIpc) is 2.98. The Morgan fingerprint density at radius 3 is 2.86 bits per heavy atom. The number of hydrogen-bond acceptors (Lipinski definition) is 5. The molecule has 2 rings (SSSR count). The molecule has 0 radical (unpaired) electrons. The third-order valence-corrected chi connectivity index (χ3v) is 3.82. The summed E-state index contributed by atoms with van der Waals surface area (Å²) in [6.45, 7) is 2.07. The first-order chi connectivity index (χ1) is 10.1. The zero-order valence-corrected chi connectivity index (χ0v) is 12.4. The highest BCUT2D eigenvalue weighted by Gasteiger charge is 2.15. The Hall–Kier alpha value is -2.21. The van der Waals surface area contributed by atoms with E-state index in [0.29, 0.717) is 12.8 Å². The van der Waals surface area contributed by atoms with Gasteiger partial charge >= 0.3 is 5.69 Å². The van der Waals surface area contributed by atoms with Gasteiger partial charge in [-0.15, -0.1) is 11.3 Å². The molecule has 0 amide bonds. The normalized spacial score (nSPS) is 10.3. The minimum atomic E-state index is -0.459. The molecule has 0 saturated heterocycles. The van der Waals surface area contributed by atoms with Crippen molar-refractivity contribution in [3.8, 4) is 5.75 Å². The van der Waals surface area contributed by atoms with Gasteiger partial charge in [0.2, 0.25) is 0 Å². The average molecular weight is 305 g/mol. The number of thiophene rings is 1. The van der Waals surface area contributed by atoms with Crippen molar-refractivity contribution in [3.05, 3.63) is 56.3 Å². The molecule has 0 N–H and O–H groups in total. The molecule has 6 heteroatoms. The Labute approximate surface area is 126 Å². The quantitative estimate of drug-likeness (QED) is 0.335. The SMILES string of the molecule is Cc1ccc(OCCCC(=O)c2cccs2)c([N+](=O)[O-])c1. The van der Waals surface area contributed by atoms with Crippen LogP contribution in [0.15, 0.2) is 35.7 Å². The number of carbonyl (C=O) groups excluding carboxylic acids is 1. The Morgan fingerprint density at radius 1 is 1.38 bits per heavy atom. The monoisotopic (exact) mass is 305 g/mol. The second-order valence-electron chi connectivity index (χ2n) is 4.58. The van der Waals surface area contributed by atoms with Crippen LogP contribution in [0.5, 0.6) is 5.75 Å². The van der Waals surface area contributed by atoms with Gasteiger partial charge < -0.3 is 4.74 Å². The van der Waals surface area contributed by atoms with Crippen LogP contribution in [0, 0.1) is 17.0 Å². The fourth-order valence-electron chi connectivity index (χ4n) is 1.87. The van der Waals surface area contributed by atoms with Crippen molar-refractivity contribution in [1.82, 2.24) is 0 Å². The lowest BCUT2D eigenvalue weighted by atomic mass is 10.2. The summed E-state index contributed by atoms with van der Waals surface area (Å²) in [5.74, 6) is 0.321. The summed E-state index contributed by atoms with van der Waals surface area (Å²) in [7, 11) is 0. The number of aryl methyl sites for hydroxylation is 1. The number of nitro benzene ring substituents is 1. The van der Waals surface area contributed by atoms with Gasteiger partial charge in [-0.3, -0.25) is 14.9 Å². The van der Waals surface area contributed by atoms with Crippen LogP contribution in [0.25, 0.3) is 0 Å². The summed E-state index contributed by atoms with van der Waals surface area (Å²) in [6, 6.07) is 8.46. The van der Waals surface area contributed by atoms with Gasteiger partial charge in [-0.2, -0.15) is 0 Å². The van der Waals surface area contributed by atoms with Crippen molar-refractivity contribution in [1.29, 1.82) is 0 Å². The highest BCUT2D eigenvalue weighted by Crippen LogP contribution is 2.27. The third-order valence-electron chi connectivity index (χ3n) is 2.91. The molecule has 0 atom stereocenters. The molecule has 1 aromatic heterocycles. The molecule has 1 heterocycles. The standard InChI is InChI=1S/C15H15NO4S/c1-11-6-7-14(12(10-11)16(18)19)20-8-2-4-13(17)15-5-3-9-21-15/h3,5-7,9-10H,2,4,8H2,1H3. The van der Waals surface area contributed by atoms with E-state index in [0.717, 1.165) is 10.4 Å². The molecule has 0 saturated carbocycles. The van der Waals surface area contributed by atoms with Crippen molar-refractivity contribution in [2.45, 2.75) is 19.8 Å². The molecule has 1 aromatic carbocycles. The molecule has 0 aliphatic heterocycles. The minimum Gasteiger partial charge on any atom is -0.487 e. The van der Waals surface area contributed by atoms with Crippen LogP contribution < -0.4 is 4.74 Å². The molecule has 0 spiro atoms. The Balaban J connectivity index is 1.86. The number of carbonyl (C=O) groups is 1. The number of nitrogens with zero attached hydrogens (tertiary/aromatic N) is 1. The predicted octanol–water partition coefficient (Wildman–Crippen LogP) is 4.01. The fraction of sp³-hybridized carbons (Fsp3) is 0.267. The molecule has 2 aromatic rings.